The van der Waals surface area contributed by atoms with Crippen molar-refractivity contribution in [3.8, 4) is 0 Å². The van der Waals surface area contributed by atoms with E-state index < -0.39 is 0 Å². The van der Waals surface area contributed by atoms with Gasteiger partial charge in [-0.05, 0) is 37.4 Å². The molecule has 2 nitrogen and oxygen atoms in total. The molecule has 2 rings (SSSR count). The lowest BCUT2D eigenvalue weighted by molar-refractivity contribution is 0.507. The first kappa shape index (κ1) is 9.66. The van der Waals surface area contributed by atoms with E-state index in [-0.39, 0.29) is 0 Å². The quantitative estimate of drug-likeness (QED) is 0.769. The average Bonchev–Trinajstić information content (AvgIpc) is 2.48. The van der Waals surface area contributed by atoms with Crippen LogP contribution in [0.1, 0.15) is 31.2 Å². The van der Waals surface area contributed by atoms with Crippen LogP contribution in [0.15, 0.2) is 18.5 Å². The highest BCUT2D eigenvalue weighted by molar-refractivity contribution is 5.09. The van der Waals surface area contributed by atoms with Crippen molar-refractivity contribution < 1.29 is 0 Å². The van der Waals surface area contributed by atoms with Crippen molar-refractivity contribution in [1.29, 1.82) is 0 Å². The van der Waals surface area contributed by atoms with Gasteiger partial charge in [0.2, 0.25) is 0 Å². The van der Waals surface area contributed by atoms with Crippen molar-refractivity contribution in [1.82, 2.24) is 10.3 Å². The number of nitrogens with one attached hydrogen (secondary N) is 1. The molecular formula is C12H17N2. The molecule has 75 valence electrons. The zero-order chi connectivity index (χ0) is 9.64. The molecule has 1 unspecified atom stereocenters. The van der Waals surface area contributed by atoms with E-state index >= 15 is 0 Å². The fraction of sp³-hybridized carbons (Fsp3) is 0.583. The Balaban J connectivity index is 1.90. The summed E-state index contributed by atoms with van der Waals surface area (Å²) in [6.45, 7) is 1.18. The Morgan fingerprint density at radius 2 is 2.43 bits per heavy atom. The maximum Gasteiger partial charge on any atom is 0.0349 e. The molecule has 0 aromatic carbocycles. The van der Waals surface area contributed by atoms with Gasteiger partial charge in [0.1, 0.15) is 0 Å². The van der Waals surface area contributed by atoms with E-state index in [9.17, 15) is 0 Å². The van der Waals surface area contributed by atoms with Crippen LogP contribution in [0.4, 0.5) is 0 Å². The van der Waals surface area contributed by atoms with E-state index in [0.717, 1.165) is 6.42 Å². The maximum atomic E-state index is 3.98. The maximum absolute atomic E-state index is 3.98. The van der Waals surface area contributed by atoms with Crippen molar-refractivity contribution in [2.24, 2.45) is 0 Å². The minimum Gasteiger partial charge on any atom is -0.314 e. The summed E-state index contributed by atoms with van der Waals surface area (Å²) < 4.78 is 0. The van der Waals surface area contributed by atoms with Crippen LogP contribution in [0, 0.1) is 6.07 Å². The first-order valence-corrected chi connectivity index (χ1v) is 5.49. The zero-order valence-corrected chi connectivity index (χ0v) is 8.50. The van der Waals surface area contributed by atoms with Crippen LogP contribution in [0.2, 0.25) is 0 Å². The van der Waals surface area contributed by atoms with Gasteiger partial charge in [0.25, 0.3) is 0 Å². The standard InChI is InChI=1S/C12H17N2/c1-2-4-12(14-7-3-1)10-11-5-8-13-9-6-11/h5,8-9,12,14H,1-4,7,10H2. The van der Waals surface area contributed by atoms with Gasteiger partial charge in [-0.2, -0.15) is 0 Å². The Morgan fingerprint density at radius 1 is 1.43 bits per heavy atom. The van der Waals surface area contributed by atoms with Crippen LogP contribution in [0.5, 0.6) is 0 Å². The van der Waals surface area contributed by atoms with E-state index in [1.54, 1.807) is 6.20 Å². The van der Waals surface area contributed by atoms with Crippen LogP contribution >= 0.6 is 0 Å². The third kappa shape index (κ3) is 2.81. The van der Waals surface area contributed by atoms with Gasteiger partial charge in [-0.1, -0.05) is 12.8 Å². The van der Waals surface area contributed by atoms with Crippen LogP contribution in [-0.2, 0) is 6.42 Å². The van der Waals surface area contributed by atoms with Crippen LogP contribution in [-0.4, -0.2) is 17.6 Å². The molecule has 1 N–H and O–H groups in total. The molecule has 1 radical (unpaired) electrons. The first-order chi connectivity index (χ1) is 6.95. The summed E-state index contributed by atoms with van der Waals surface area (Å²) >= 11 is 0. The third-order valence-corrected chi connectivity index (χ3v) is 2.81. The number of nitrogens with zero attached hydrogens (tertiary/aromatic N) is 1. The van der Waals surface area contributed by atoms with Crippen LogP contribution in [0.25, 0.3) is 0 Å². The molecule has 1 aliphatic heterocycles. The topological polar surface area (TPSA) is 24.9 Å². The molecule has 14 heavy (non-hydrogen) atoms. The number of hydrogen-bond acceptors (Lipinski definition) is 2. The van der Waals surface area contributed by atoms with Crippen LogP contribution < -0.4 is 5.32 Å². The number of aromatic nitrogens is 1. The highest BCUT2D eigenvalue weighted by Gasteiger charge is 2.11. The van der Waals surface area contributed by atoms with Crippen molar-refractivity contribution in [2.75, 3.05) is 6.54 Å². The molecule has 1 aromatic heterocycles. The smallest absolute Gasteiger partial charge is 0.0349 e. The molecule has 0 amide bonds. The van der Waals surface area contributed by atoms with Gasteiger partial charge >= 0.3 is 0 Å². The average molecular weight is 189 g/mol. The summed E-state index contributed by atoms with van der Waals surface area (Å²) in [7, 11) is 0. The van der Waals surface area contributed by atoms with E-state index in [1.807, 2.05) is 6.20 Å². The molecule has 2 heterocycles. The highest BCUT2D eigenvalue weighted by Crippen LogP contribution is 2.12. The predicted octanol–water partition coefficient (Wildman–Crippen LogP) is 1.96. The fourth-order valence-electron chi connectivity index (χ4n) is 2.01. The van der Waals surface area contributed by atoms with Crippen molar-refractivity contribution >= 4 is 0 Å². The zero-order valence-electron chi connectivity index (χ0n) is 8.50. The number of hydrogen-bond donors (Lipinski definition) is 1. The molecule has 2 heteroatoms. The van der Waals surface area contributed by atoms with Gasteiger partial charge in [-0.25, -0.2) is 0 Å². The highest BCUT2D eigenvalue weighted by atomic mass is 14.9. The van der Waals surface area contributed by atoms with Crippen molar-refractivity contribution in [2.45, 2.75) is 38.1 Å². The molecule has 0 bridgehead atoms. The largest absolute Gasteiger partial charge is 0.314 e. The summed E-state index contributed by atoms with van der Waals surface area (Å²) in [5.74, 6) is 0. The molecule has 1 fully saturated rings. The lowest BCUT2D eigenvalue weighted by atomic mass is 10.0. The van der Waals surface area contributed by atoms with Gasteiger partial charge in [0.05, 0.1) is 0 Å². The minimum absolute atomic E-state index is 0.649. The van der Waals surface area contributed by atoms with Gasteiger partial charge in [0.15, 0.2) is 0 Å². The van der Waals surface area contributed by atoms with Gasteiger partial charge < -0.3 is 5.32 Å². The Labute approximate surface area is 85.7 Å². The second-order valence-electron chi connectivity index (χ2n) is 3.97. The normalized spacial score (nSPS) is 23.0. The first-order valence-electron chi connectivity index (χ1n) is 5.49. The lowest BCUT2D eigenvalue weighted by Gasteiger charge is -2.15. The van der Waals surface area contributed by atoms with Gasteiger partial charge in [-0.15, -0.1) is 0 Å². The lowest BCUT2D eigenvalue weighted by Crippen LogP contribution is -2.30. The Hall–Kier alpha value is -0.890. The minimum atomic E-state index is 0.649. The van der Waals surface area contributed by atoms with E-state index in [1.165, 1.54) is 37.8 Å². The number of rotatable bonds is 2. The second-order valence-corrected chi connectivity index (χ2v) is 3.97. The predicted molar refractivity (Wildman–Crippen MR) is 57.0 cm³/mol. The fourth-order valence-corrected chi connectivity index (χ4v) is 2.01. The SMILES string of the molecule is [c]1cnccc1CC1CCCCCN1. The summed E-state index contributed by atoms with van der Waals surface area (Å²) in [5, 5.41) is 3.59. The molecule has 1 aromatic rings. The molecule has 0 saturated carbocycles. The van der Waals surface area contributed by atoms with Gasteiger partial charge in [-0.3, -0.25) is 4.98 Å². The van der Waals surface area contributed by atoms with E-state index in [4.69, 9.17) is 0 Å². The monoisotopic (exact) mass is 189 g/mol. The third-order valence-electron chi connectivity index (χ3n) is 2.81. The molecular weight excluding hydrogens is 172 g/mol. The van der Waals surface area contributed by atoms with Crippen molar-refractivity contribution in [3.63, 3.8) is 0 Å². The van der Waals surface area contributed by atoms with Gasteiger partial charge in [0, 0.05) is 24.5 Å². The Bertz CT molecular complexity index is 250. The summed E-state index contributed by atoms with van der Waals surface area (Å²) in [6, 6.07) is 5.90. The summed E-state index contributed by atoms with van der Waals surface area (Å²) in [4.78, 5) is 3.98. The molecule has 0 aliphatic carbocycles. The molecule has 0 spiro atoms. The Morgan fingerprint density at radius 3 is 3.29 bits per heavy atom. The summed E-state index contributed by atoms with van der Waals surface area (Å²) in [6.07, 6.45) is 10.1. The van der Waals surface area contributed by atoms with E-state index in [0.29, 0.717) is 6.04 Å². The second kappa shape index (κ2) is 5.11. The van der Waals surface area contributed by atoms with Crippen LogP contribution in [0.3, 0.4) is 0 Å². The van der Waals surface area contributed by atoms with Crippen molar-refractivity contribution in [3.05, 3.63) is 30.1 Å². The molecule has 1 atom stereocenters. The molecule has 1 saturated heterocycles. The molecule has 1 aliphatic rings. The van der Waals surface area contributed by atoms with E-state index in [2.05, 4.69) is 22.4 Å². The Kier molecular flexibility index (Phi) is 3.52. The summed E-state index contributed by atoms with van der Waals surface area (Å²) in [5.41, 5.74) is 1.28. The number of pyridine rings is 1.